The monoisotopic (exact) mass is 285 g/mol. The molecule has 0 radical (unpaired) electrons. The molecule has 21 heavy (non-hydrogen) atoms. The largest absolute Gasteiger partial charge is 0.467 e. The number of nitrogens with zero attached hydrogens (tertiary/aromatic N) is 1. The number of hydrogen-bond acceptors (Lipinski definition) is 3. The van der Waals surface area contributed by atoms with Crippen LogP contribution in [0.3, 0.4) is 0 Å². The Balaban J connectivity index is 2.08. The van der Waals surface area contributed by atoms with Crippen molar-refractivity contribution in [3.05, 3.63) is 59.4 Å². The van der Waals surface area contributed by atoms with Crippen LogP contribution in [0.5, 0.6) is 0 Å². The van der Waals surface area contributed by atoms with E-state index in [4.69, 9.17) is 4.74 Å². The molecule has 1 heterocycles. The number of hydrogen-bond donors (Lipinski definition) is 1. The van der Waals surface area contributed by atoms with Crippen molar-refractivity contribution in [3.63, 3.8) is 0 Å². The highest BCUT2D eigenvalue weighted by Crippen LogP contribution is 2.33. The van der Waals surface area contributed by atoms with Gasteiger partial charge in [-0.1, -0.05) is 30.3 Å². The highest BCUT2D eigenvalue weighted by molar-refractivity contribution is 5.78. The summed E-state index contributed by atoms with van der Waals surface area (Å²) in [7, 11) is 1.41. The molecule has 1 aromatic carbocycles. The fourth-order valence-electron chi connectivity index (χ4n) is 3.09. The zero-order valence-electron chi connectivity index (χ0n) is 12.0. The quantitative estimate of drug-likeness (QED) is 0.882. The van der Waals surface area contributed by atoms with Crippen LogP contribution >= 0.6 is 0 Å². The Kier molecular flexibility index (Phi) is 3.80. The highest BCUT2D eigenvalue weighted by atomic mass is 16.5. The standard InChI is InChI=1S/C17H19NO3/c1-21-17(20)16(12-6-3-2-4-7-12)18-11-10-13-14(18)8-5-9-15(13)19/h2-4,6-7,10-11,15-16,19H,5,8-9H2,1H3. The van der Waals surface area contributed by atoms with Gasteiger partial charge in [-0.3, -0.25) is 0 Å². The maximum Gasteiger partial charge on any atom is 0.333 e. The molecular formula is C17H19NO3. The molecule has 3 rings (SSSR count). The topological polar surface area (TPSA) is 51.5 Å². The summed E-state index contributed by atoms with van der Waals surface area (Å²) < 4.78 is 6.93. The van der Waals surface area contributed by atoms with Crippen LogP contribution in [-0.4, -0.2) is 22.8 Å². The van der Waals surface area contributed by atoms with E-state index in [2.05, 4.69) is 0 Å². The fraction of sp³-hybridized carbons (Fsp3) is 0.353. The SMILES string of the molecule is COC(=O)C(c1ccccc1)n1ccc2c1CCCC2O. The van der Waals surface area contributed by atoms with Crippen molar-refractivity contribution in [2.75, 3.05) is 7.11 Å². The molecular weight excluding hydrogens is 266 g/mol. The summed E-state index contributed by atoms with van der Waals surface area (Å²) in [6.07, 6.45) is 4.05. The minimum Gasteiger partial charge on any atom is -0.467 e. The van der Waals surface area contributed by atoms with Crippen LogP contribution in [0, 0.1) is 0 Å². The van der Waals surface area contributed by atoms with Gasteiger partial charge in [0, 0.05) is 17.5 Å². The van der Waals surface area contributed by atoms with Crippen LogP contribution < -0.4 is 0 Å². The maximum atomic E-state index is 12.3. The van der Waals surface area contributed by atoms with Crippen molar-refractivity contribution < 1.29 is 14.6 Å². The number of rotatable bonds is 3. The summed E-state index contributed by atoms with van der Waals surface area (Å²) >= 11 is 0. The molecule has 4 heteroatoms. The van der Waals surface area contributed by atoms with Gasteiger partial charge in [-0.15, -0.1) is 0 Å². The minimum atomic E-state index is -0.495. The lowest BCUT2D eigenvalue weighted by molar-refractivity contribution is -0.143. The first kappa shape index (κ1) is 13.9. The molecule has 0 spiro atoms. The van der Waals surface area contributed by atoms with Gasteiger partial charge in [0.1, 0.15) is 0 Å². The summed E-state index contributed by atoms with van der Waals surface area (Å²) in [5, 5.41) is 10.1. The zero-order chi connectivity index (χ0) is 14.8. The van der Waals surface area contributed by atoms with Gasteiger partial charge in [-0.2, -0.15) is 0 Å². The number of aromatic nitrogens is 1. The number of fused-ring (bicyclic) bond motifs is 1. The van der Waals surface area contributed by atoms with E-state index < -0.39 is 12.1 Å². The van der Waals surface area contributed by atoms with Gasteiger partial charge in [-0.05, 0) is 30.9 Å². The molecule has 1 N–H and O–H groups in total. The lowest BCUT2D eigenvalue weighted by Crippen LogP contribution is -2.24. The van der Waals surface area contributed by atoms with Gasteiger partial charge in [0.2, 0.25) is 0 Å². The molecule has 2 unspecified atom stereocenters. The fourth-order valence-corrected chi connectivity index (χ4v) is 3.09. The predicted octanol–water partition coefficient (Wildman–Crippen LogP) is 2.62. The molecule has 0 aliphatic heterocycles. The van der Waals surface area contributed by atoms with Gasteiger partial charge in [0.15, 0.2) is 6.04 Å². The van der Waals surface area contributed by atoms with E-state index in [1.807, 2.05) is 47.2 Å². The summed E-state index contributed by atoms with van der Waals surface area (Å²) in [5.41, 5.74) is 2.86. The normalized spacial score (nSPS) is 18.9. The maximum absolute atomic E-state index is 12.3. The van der Waals surface area contributed by atoms with Crippen molar-refractivity contribution >= 4 is 5.97 Å². The van der Waals surface area contributed by atoms with Crippen LogP contribution in [-0.2, 0) is 16.0 Å². The number of esters is 1. The molecule has 0 fully saturated rings. The third-order valence-corrected chi connectivity index (χ3v) is 4.13. The lowest BCUT2D eigenvalue weighted by Gasteiger charge is -2.24. The molecule has 0 amide bonds. The van der Waals surface area contributed by atoms with Crippen LogP contribution in [0.25, 0.3) is 0 Å². The highest BCUT2D eigenvalue weighted by Gasteiger charge is 2.29. The number of ether oxygens (including phenoxy) is 1. The number of carbonyl (C=O) groups excluding carboxylic acids is 1. The van der Waals surface area contributed by atoms with Crippen LogP contribution in [0.15, 0.2) is 42.6 Å². The van der Waals surface area contributed by atoms with Gasteiger partial charge < -0.3 is 14.4 Å². The predicted molar refractivity (Wildman–Crippen MR) is 78.9 cm³/mol. The van der Waals surface area contributed by atoms with Gasteiger partial charge in [0.05, 0.1) is 13.2 Å². The van der Waals surface area contributed by atoms with Crippen molar-refractivity contribution in [1.82, 2.24) is 4.57 Å². The molecule has 0 bridgehead atoms. The second-order valence-corrected chi connectivity index (χ2v) is 5.37. The first-order chi connectivity index (χ1) is 10.2. The van der Waals surface area contributed by atoms with Crippen molar-refractivity contribution in [1.29, 1.82) is 0 Å². The average Bonchev–Trinajstić information content (AvgIpc) is 2.94. The third-order valence-electron chi connectivity index (χ3n) is 4.13. The minimum absolute atomic E-state index is 0.292. The van der Waals surface area contributed by atoms with Crippen LogP contribution in [0.2, 0.25) is 0 Å². The molecule has 4 nitrogen and oxygen atoms in total. The Morgan fingerprint density at radius 1 is 1.33 bits per heavy atom. The van der Waals surface area contributed by atoms with Crippen LogP contribution in [0.4, 0.5) is 0 Å². The molecule has 0 saturated heterocycles. The van der Waals surface area contributed by atoms with Gasteiger partial charge in [0.25, 0.3) is 0 Å². The molecule has 2 aromatic rings. The Labute approximate surface area is 124 Å². The van der Waals surface area contributed by atoms with E-state index in [1.165, 1.54) is 7.11 Å². The van der Waals surface area contributed by atoms with Gasteiger partial charge in [-0.25, -0.2) is 4.79 Å². The number of methoxy groups -OCH3 is 1. The first-order valence-electron chi connectivity index (χ1n) is 7.23. The van der Waals surface area contributed by atoms with E-state index in [0.717, 1.165) is 36.1 Å². The number of benzene rings is 1. The lowest BCUT2D eigenvalue weighted by atomic mass is 9.94. The number of aliphatic hydroxyl groups excluding tert-OH is 1. The molecule has 1 aliphatic rings. The van der Waals surface area contributed by atoms with E-state index in [-0.39, 0.29) is 5.97 Å². The number of carbonyl (C=O) groups is 1. The van der Waals surface area contributed by atoms with E-state index in [0.29, 0.717) is 0 Å². The van der Waals surface area contributed by atoms with Crippen LogP contribution in [0.1, 0.15) is 41.8 Å². The summed E-state index contributed by atoms with van der Waals surface area (Å²) in [6.45, 7) is 0. The second kappa shape index (κ2) is 5.74. The summed E-state index contributed by atoms with van der Waals surface area (Å²) in [4.78, 5) is 12.3. The smallest absolute Gasteiger partial charge is 0.333 e. The Morgan fingerprint density at radius 3 is 2.81 bits per heavy atom. The summed E-state index contributed by atoms with van der Waals surface area (Å²) in [5.74, 6) is -0.292. The van der Waals surface area contributed by atoms with Crippen molar-refractivity contribution in [2.24, 2.45) is 0 Å². The first-order valence-corrected chi connectivity index (χ1v) is 7.23. The molecule has 1 aromatic heterocycles. The zero-order valence-corrected chi connectivity index (χ0v) is 12.0. The Bertz CT molecular complexity index is 633. The molecule has 2 atom stereocenters. The van der Waals surface area contributed by atoms with E-state index >= 15 is 0 Å². The Morgan fingerprint density at radius 2 is 2.10 bits per heavy atom. The average molecular weight is 285 g/mol. The van der Waals surface area contributed by atoms with E-state index in [1.54, 1.807) is 0 Å². The molecule has 110 valence electrons. The van der Waals surface area contributed by atoms with E-state index in [9.17, 15) is 9.90 Å². The number of aliphatic hydroxyl groups is 1. The molecule has 0 saturated carbocycles. The second-order valence-electron chi connectivity index (χ2n) is 5.37. The van der Waals surface area contributed by atoms with Crippen molar-refractivity contribution in [3.8, 4) is 0 Å². The van der Waals surface area contributed by atoms with Crippen molar-refractivity contribution in [2.45, 2.75) is 31.4 Å². The summed E-state index contributed by atoms with van der Waals surface area (Å²) in [6, 6.07) is 11.0. The third kappa shape index (κ3) is 2.47. The molecule has 1 aliphatic carbocycles. The van der Waals surface area contributed by atoms with Gasteiger partial charge >= 0.3 is 5.97 Å². The Hall–Kier alpha value is -2.07.